The molecule has 0 saturated heterocycles. The molecule has 0 heterocycles. The van der Waals surface area contributed by atoms with Crippen LogP contribution in [0, 0.1) is 5.82 Å². The number of carbonyl (C=O) groups is 1. The molecule has 0 aromatic heterocycles. The number of methoxy groups -OCH3 is 1. The molecular weight excluding hydrogens is 247 g/mol. The minimum absolute atomic E-state index is 0.319. The van der Waals surface area contributed by atoms with Crippen LogP contribution in [0.4, 0.5) is 4.39 Å². The van der Waals surface area contributed by atoms with Crippen molar-refractivity contribution in [1.29, 1.82) is 0 Å². The van der Waals surface area contributed by atoms with E-state index in [0.717, 1.165) is 24.8 Å². The molecule has 2 rings (SSSR count). The van der Waals surface area contributed by atoms with E-state index in [1.54, 1.807) is 19.2 Å². The Bertz CT molecular complexity index is 464. The van der Waals surface area contributed by atoms with E-state index >= 15 is 0 Å². The van der Waals surface area contributed by atoms with Crippen molar-refractivity contribution in [1.82, 2.24) is 0 Å². The molecule has 1 aromatic carbocycles. The molecule has 0 spiro atoms. The lowest BCUT2D eigenvalue weighted by atomic mass is 9.69. The Kier molecular flexibility index (Phi) is 4.20. The van der Waals surface area contributed by atoms with Gasteiger partial charge in [-0.05, 0) is 24.5 Å². The van der Waals surface area contributed by atoms with Crippen molar-refractivity contribution in [3.63, 3.8) is 0 Å². The summed E-state index contributed by atoms with van der Waals surface area (Å²) in [6.07, 6.45) is 3.74. The van der Waals surface area contributed by atoms with Gasteiger partial charge >= 0.3 is 5.97 Å². The molecule has 0 bridgehead atoms. The van der Waals surface area contributed by atoms with E-state index in [2.05, 4.69) is 0 Å². The zero-order valence-corrected chi connectivity index (χ0v) is 11.1. The standard InChI is InChI=1S/C15H19FO3/c1-19-10-11-5-6-12(13(16)9-11)15(14(17)18)7-3-2-4-8-15/h5-6,9H,2-4,7-8,10H2,1H3,(H,17,18). The average molecular weight is 266 g/mol. The second-order valence-corrected chi connectivity index (χ2v) is 5.20. The van der Waals surface area contributed by atoms with Crippen LogP contribution in [0.15, 0.2) is 18.2 Å². The van der Waals surface area contributed by atoms with Crippen molar-refractivity contribution < 1.29 is 19.0 Å². The van der Waals surface area contributed by atoms with Gasteiger partial charge in [-0.15, -0.1) is 0 Å². The number of hydrogen-bond donors (Lipinski definition) is 1. The van der Waals surface area contributed by atoms with Crippen molar-refractivity contribution in [3.05, 3.63) is 35.1 Å². The number of halogens is 1. The van der Waals surface area contributed by atoms with Gasteiger partial charge in [0, 0.05) is 12.7 Å². The lowest BCUT2D eigenvalue weighted by molar-refractivity contribution is -0.145. The van der Waals surface area contributed by atoms with Crippen LogP contribution in [-0.2, 0) is 21.6 Å². The third-order valence-corrected chi connectivity index (χ3v) is 3.98. The van der Waals surface area contributed by atoms with Gasteiger partial charge in [0.25, 0.3) is 0 Å². The zero-order valence-electron chi connectivity index (χ0n) is 11.1. The van der Waals surface area contributed by atoms with E-state index in [4.69, 9.17) is 4.74 Å². The number of carboxylic acid groups (broad SMARTS) is 1. The number of ether oxygens (including phenoxy) is 1. The minimum atomic E-state index is -1.05. The predicted octanol–water partition coefficient (Wildman–Crippen LogP) is 3.26. The molecule has 1 fully saturated rings. The number of hydrogen-bond acceptors (Lipinski definition) is 2. The summed E-state index contributed by atoms with van der Waals surface area (Å²) in [6, 6.07) is 4.75. The Labute approximate surface area is 112 Å². The van der Waals surface area contributed by atoms with E-state index in [0.29, 0.717) is 25.0 Å². The molecule has 0 atom stereocenters. The first kappa shape index (κ1) is 14.0. The Hall–Kier alpha value is -1.42. The van der Waals surface area contributed by atoms with Gasteiger partial charge in [0.2, 0.25) is 0 Å². The Morgan fingerprint density at radius 3 is 2.58 bits per heavy atom. The Morgan fingerprint density at radius 1 is 1.37 bits per heavy atom. The number of rotatable bonds is 4. The highest BCUT2D eigenvalue weighted by Gasteiger charge is 2.43. The lowest BCUT2D eigenvalue weighted by Gasteiger charge is -2.34. The number of benzene rings is 1. The van der Waals surface area contributed by atoms with Crippen LogP contribution in [-0.4, -0.2) is 18.2 Å². The summed E-state index contributed by atoms with van der Waals surface area (Å²) in [4.78, 5) is 11.6. The molecule has 104 valence electrons. The molecule has 1 aliphatic rings. The van der Waals surface area contributed by atoms with E-state index < -0.39 is 17.2 Å². The highest BCUT2D eigenvalue weighted by atomic mass is 19.1. The molecule has 0 unspecified atom stereocenters. The van der Waals surface area contributed by atoms with E-state index in [-0.39, 0.29) is 0 Å². The van der Waals surface area contributed by atoms with Crippen LogP contribution in [0.3, 0.4) is 0 Å². The highest BCUT2D eigenvalue weighted by molar-refractivity contribution is 5.81. The van der Waals surface area contributed by atoms with Gasteiger partial charge in [0.1, 0.15) is 5.82 Å². The molecule has 1 N–H and O–H groups in total. The quantitative estimate of drug-likeness (QED) is 0.909. The van der Waals surface area contributed by atoms with Crippen LogP contribution in [0.25, 0.3) is 0 Å². The SMILES string of the molecule is COCc1ccc(C2(C(=O)O)CCCCC2)c(F)c1. The zero-order chi connectivity index (χ0) is 13.9. The molecule has 4 heteroatoms. The van der Waals surface area contributed by atoms with Crippen LogP contribution in [0.2, 0.25) is 0 Å². The molecule has 3 nitrogen and oxygen atoms in total. The van der Waals surface area contributed by atoms with Crippen molar-refractivity contribution in [2.75, 3.05) is 7.11 Å². The second-order valence-electron chi connectivity index (χ2n) is 5.20. The maximum atomic E-state index is 14.2. The highest BCUT2D eigenvalue weighted by Crippen LogP contribution is 2.41. The average Bonchev–Trinajstić information content (AvgIpc) is 2.40. The molecule has 0 radical (unpaired) electrons. The molecule has 0 aliphatic heterocycles. The number of carboxylic acids is 1. The Morgan fingerprint density at radius 2 is 2.05 bits per heavy atom. The van der Waals surface area contributed by atoms with Crippen LogP contribution in [0.1, 0.15) is 43.2 Å². The molecule has 1 aliphatic carbocycles. The van der Waals surface area contributed by atoms with Gasteiger partial charge in [0.05, 0.1) is 12.0 Å². The first-order valence-electron chi connectivity index (χ1n) is 6.61. The molecule has 1 saturated carbocycles. The van der Waals surface area contributed by atoms with E-state index in [9.17, 15) is 14.3 Å². The molecule has 0 amide bonds. The van der Waals surface area contributed by atoms with E-state index in [1.807, 2.05) is 0 Å². The summed E-state index contributed by atoms with van der Waals surface area (Å²) in [6.45, 7) is 0.331. The van der Waals surface area contributed by atoms with Crippen molar-refractivity contribution in [3.8, 4) is 0 Å². The third-order valence-electron chi connectivity index (χ3n) is 3.98. The lowest BCUT2D eigenvalue weighted by Crippen LogP contribution is -2.38. The largest absolute Gasteiger partial charge is 0.481 e. The second kappa shape index (κ2) is 5.70. The monoisotopic (exact) mass is 266 g/mol. The summed E-state index contributed by atoms with van der Waals surface area (Å²) in [7, 11) is 1.55. The maximum absolute atomic E-state index is 14.2. The molecule has 1 aromatic rings. The number of aliphatic carboxylic acids is 1. The van der Waals surface area contributed by atoms with Gasteiger partial charge < -0.3 is 9.84 Å². The maximum Gasteiger partial charge on any atom is 0.314 e. The van der Waals surface area contributed by atoms with Crippen molar-refractivity contribution in [2.45, 2.75) is 44.1 Å². The molecule has 19 heavy (non-hydrogen) atoms. The smallest absolute Gasteiger partial charge is 0.314 e. The van der Waals surface area contributed by atoms with Crippen molar-refractivity contribution in [2.24, 2.45) is 0 Å². The fourth-order valence-electron chi connectivity index (χ4n) is 2.96. The fraction of sp³-hybridized carbons (Fsp3) is 0.533. The third kappa shape index (κ3) is 2.63. The van der Waals surface area contributed by atoms with Crippen LogP contribution < -0.4 is 0 Å². The summed E-state index contributed by atoms with van der Waals surface area (Å²) in [5.74, 6) is -1.34. The fourth-order valence-corrected chi connectivity index (χ4v) is 2.96. The van der Waals surface area contributed by atoms with E-state index in [1.165, 1.54) is 6.07 Å². The normalized spacial score (nSPS) is 18.2. The summed E-state index contributed by atoms with van der Waals surface area (Å²) in [5.41, 5.74) is -0.00634. The minimum Gasteiger partial charge on any atom is -0.481 e. The first-order valence-corrected chi connectivity index (χ1v) is 6.61. The van der Waals surface area contributed by atoms with Crippen LogP contribution in [0.5, 0.6) is 0 Å². The van der Waals surface area contributed by atoms with Gasteiger partial charge in [0.15, 0.2) is 0 Å². The molecular formula is C15H19FO3. The van der Waals surface area contributed by atoms with Crippen molar-refractivity contribution >= 4 is 5.97 Å². The summed E-state index contributed by atoms with van der Waals surface area (Å²) in [5, 5.41) is 9.55. The summed E-state index contributed by atoms with van der Waals surface area (Å²) < 4.78 is 19.2. The van der Waals surface area contributed by atoms with Gasteiger partial charge in [-0.3, -0.25) is 4.79 Å². The summed E-state index contributed by atoms with van der Waals surface area (Å²) >= 11 is 0. The topological polar surface area (TPSA) is 46.5 Å². The van der Waals surface area contributed by atoms with Gasteiger partial charge in [-0.25, -0.2) is 4.39 Å². The van der Waals surface area contributed by atoms with Gasteiger partial charge in [-0.1, -0.05) is 31.4 Å². The predicted molar refractivity (Wildman–Crippen MR) is 69.5 cm³/mol. The Balaban J connectivity index is 2.39. The van der Waals surface area contributed by atoms with Gasteiger partial charge in [-0.2, -0.15) is 0 Å². The first-order chi connectivity index (χ1) is 9.10. The van der Waals surface area contributed by atoms with Crippen LogP contribution >= 0.6 is 0 Å².